The molecular formula is C19H24N4O4. The molecule has 2 fully saturated rings. The molecule has 8 heteroatoms. The van der Waals surface area contributed by atoms with Crippen LogP contribution in [0.1, 0.15) is 17.1 Å². The Morgan fingerprint density at radius 1 is 1.22 bits per heavy atom. The van der Waals surface area contributed by atoms with Crippen LogP contribution in [0.15, 0.2) is 24.4 Å². The number of carbonyl (C=O) groups excluding carboxylic acids is 1. The number of likely N-dealkylation sites (tertiary alicyclic amines) is 1. The summed E-state index contributed by atoms with van der Waals surface area (Å²) < 4.78 is 16.3. The van der Waals surface area contributed by atoms with Gasteiger partial charge in [0, 0.05) is 38.1 Å². The molecule has 2 aliphatic heterocycles. The predicted octanol–water partition coefficient (Wildman–Crippen LogP) is 1.94. The van der Waals surface area contributed by atoms with E-state index in [-0.39, 0.29) is 18.2 Å². The van der Waals surface area contributed by atoms with Gasteiger partial charge in [0.05, 0.1) is 20.3 Å². The SMILES string of the molecule is COc1ccc(CN2C(=O)O[C@H]3CN(Cc4cnc(C)[nH]4)C[C@H]32)cc1OC. The van der Waals surface area contributed by atoms with Crippen LogP contribution in [0.25, 0.3) is 0 Å². The number of imidazole rings is 1. The molecule has 2 aromatic rings. The summed E-state index contributed by atoms with van der Waals surface area (Å²) in [6, 6.07) is 5.76. The van der Waals surface area contributed by atoms with Crippen molar-refractivity contribution < 1.29 is 19.0 Å². The zero-order valence-corrected chi connectivity index (χ0v) is 15.8. The third-order valence-corrected chi connectivity index (χ3v) is 5.15. The fraction of sp³-hybridized carbons (Fsp3) is 0.474. The van der Waals surface area contributed by atoms with Crippen molar-refractivity contribution in [2.45, 2.75) is 32.2 Å². The minimum absolute atomic E-state index is 0.0506. The number of ether oxygens (including phenoxy) is 3. The van der Waals surface area contributed by atoms with Gasteiger partial charge < -0.3 is 19.2 Å². The number of nitrogens with zero attached hydrogens (tertiary/aromatic N) is 3. The fourth-order valence-corrected chi connectivity index (χ4v) is 3.86. The maximum Gasteiger partial charge on any atom is 0.410 e. The summed E-state index contributed by atoms with van der Waals surface area (Å²) in [6.45, 7) is 4.71. The highest BCUT2D eigenvalue weighted by Crippen LogP contribution is 2.32. The highest BCUT2D eigenvalue weighted by molar-refractivity contribution is 5.71. The molecule has 0 saturated carbocycles. The van der Waals surface area contributed by atoms with Crippen molar-refractivity contribution in [3.63, 3.8) is 0 Å². The first-order valence-corrected chi connectivity index (χ1v) is 8.98. The minimum Gasteiger partial charge on any atom is -0.493 e. The zero-order valence-electron chi connectivity index (χ0n) is 15.8. The van der Waals surface area contributed by atoms with Crippen molar-refractivity contribution >= 4 is 6.09 Å². The van der Waals surface area contributed by atoms with Crippen molar-refractivity contribution in [1.29, 1.82) is 0 Å². The number of hydrogen-bond donors (Lipinski definition) is 1. The summed E-state index contributed by atoms with van der Waals surface area (Å²) in [7, 11) is 3.21. The predicted molar refractivity (Wildman–Crippen MR) is 97.7 cm³/mol. The van der Waals surface area contributed by atoms with Crippen molar-refractivity contribution in [3.05, 3.63) is 41.5 Å². The van der Waals surface area contributed by atoms with E-state index in [4.69, 9.17) is 14.2 Å². The topological polar surface area (TPSA) is 79.9 Å². The molecule has 0 radical (unpaired) electrons. The number of rotatable bonds is 6. The molecule has 4 rings (SSSR count). The van der Waals surface area contributed by atoms with Crippen LogP contribution >= 0.6 is 0 Å². The molecule has 2 atom stereocenters. The maximum absolute atomic E-state index is 12.4. The first-order chi connectivity index (χ1) is 13.1. The number of aryl methyl sites for hydroxylation is 1. The number of hydrogen-bond acceptors (Lipinski definition) is 6. The molecule has 2 saturated heterocycles. The summed E-state index contributed by atoms with van der Waals surface area (Å²) in [6.07, 6.45) is 1.51. The van der Waals surface area contributed by atoms with Crippen LogP contribution in [0.2, 0.25) is 0 Å². The van der Waals surface area contributed by atoms with E-state index in [1.807, 2.05) is 36.2 Å². The average Bonchev–Trinajstić information content (AvgIpc) is 3.32. The number of carbonyl (C=O) groups is 1. The lowest BCUT2D eigenvalue weighted by Gasteiger charge is -2.22. The zero-order chi connectivity index (χ0) is 19.0. The van der Waals surface area contributed by atoms with Crippen LogP contribution < -0.4 is 9.47 Å². The van der Waals surface area contributed by atoms with E-state index in [1.165, 1.54) is 0 Å². The Labute approximate surface area is 158 Å². The lowest BCUT2D eigenvalue weighted by atomic mass is 10.1. The van der Waals surface area contributed by atoms with E-state index < -0.39 is 0 Å². The lowest BCUT2D eigenvalue weighted by Crippen LogP contribution is -2.37. The van der Waals surface area contributed by atoms with Gasteiger partial charge in [-0.2, -0.15) is 0 Å². The molecule has 8 nitrogen and oxygen atoms in total. The minimum atomic E-state index is -0.253. The first-order valence-electron chi connectivity index (χ1n) is 8.98. The van der Waals surface area contributed by atoms with Crippen LogP contribution in [0.5, 0.6) is 11.5 Å². The maximum atomic E-state index is 12.4. The highest BCUT2D eigenvalue weighted by Gasteiger charge is 2.47. The van der Waals surface area contributed by atoms with Gasteiger partial charge in [-0.1, -0.05) is 6.07 Å². The molecule has 1 N–H and O–H groups in total. The normalized spacial score (nSPS) is 22.0. The van der Waals surface area contributed by atoms with E-state index >= 15 is 0 Å². The van der Waals surface area contributed by atoms with Gasteiger partial charge in [0.2, 0.25) is 0 Å². The number of amides is 1. The monoisotopic (exact) mass is 372 g/mol. The van der Waals surface area contributed by atoms with E-state index in [9.17, 15) is 4.79 Å². The molecule has 0 aliphatic carbocycles. The van der Waals surface area contributed by atoms with Gasteiger partial charge in [0.1, 0.15) is 11.9 Å². The van der Waals surface area contributed by atoms with E-state index in [1.54, 1.807) is 14.2 Å². The van der Waals surface area contributed by atoms with Crippen LogP contribution in [0.3, 0.4) is 0 Å². The van der Waals surface area contributed by atoms with Crippen LogP contribution in [0, 0.1) is 6.92 Å². The Morgan fingerprint density at radius 3 is 2.74 bits per heavy atom. The van der Waals surface area contributed by atoms with E-state index in [2.05, 4.69) is 14.9 Å². The van der Waals surface area contributed by atoms with E-state index in [0.717, 1.165) is 36.7 Å². The summed E-state index contributed by atoms with van der Waals surface area (Å²) >= 11 is 0. The van der Waals surface area contributed by atoms with Gasteiger partial charge in [-0.25, -0.2) is 9.78 Å². The smallest absolute Gasteiger partial charge is 0.410 e. The van der Waals surface area contributed by atoms with Gasteiger partial charge in [0.15, 0.2) is 11.5 Å². The van der Waals surface area contributed by atoms with Gasteiger partial charge in [-0.3, -0.25) is 9.80 Å². The van der Waals surface area contributed by atoms with Crippen molar-refractivity contribution in [3.8, 4) is 11.5 Å². The molecular weight excluding hydrogens is 348 g/mol. The second kappa shape index (κ2) is 7.11. The molecule has 27 heavy (non-hydrogen) atoms. The standard InChI is InChI=1S/C19H24N4O4/c1-12-20-7-14(21-12)9-22-10-15-18(11-22)27-19(24)23(15)8-13-4-5-16(25-2)17(6-13)26-3/h4-7,15,18H,8-11H2,1-3H3,(H,20,21)/t15-,18+/m1/s1. The van der Waals surface area contributed by atoms with Crippen LogP contribution in [0.4, 0.5) is 4.79 Å². The molecule has 0 bridgehead atoms. The molecule has 144 valence electrons. The van der Waals surface area contributed by atoms with Crippen LogP contribution in [-0.4, -0.2) is 65.3 Å². The molecule has 1 aromatic carbocycles. The van der Waals surface area contributed by atoms with Crippen molar-refractivity contribution in [2.75, 3.05) is 27.3 Å². The molecule has 1 aromatic heterocycles. The van der Waals surface area contributed by atoms with Crippen molar-refractivity contribution in [1.82, 2.24) is 19.8 Å². The molecule has 1 amide bonds. The molecule has 0 unspecified atom stereocenters. The van der Waals surface area contributed by atoms with Gasteiger partial charge in [-0.15, -0.1) is 0 Å². The summed E-state index contributed by atoms with van der Waals surface area (Å²) in [4.78, 5) is 23.9. The summed E-state index contributed by atoms with van der Waals surface area (Å²) in [5, 5.41) is 0. The largest absolute Gasteiger partial charge is 0.493 e. The third-order valence-electron chi connectivity index (χ3n) is 5.15. The number of aromatic nitrogens is 2. The number of benzene rings is 1. The summed E-state index contributed by atoms with van der Waals surface area (Å²) in [5.41, 5.74) is 2.05. The van der Waals surface area contributed by atoms with Crippen molar-refractivity contribution in [2.24, 2.45) is 0 Å². The molecule has 0 spiro atoms. The Hall–Kier alpha value is -2.74. The number of aromatic amines is 1. The van der Waals surface area contributed by atoms with Crippen LogP contribution in [-0.2, 0) is 17.8 Å². The average molecular weight is 372 g/mol. The molecule has 3 heterocycles. The van der Waals surface area contributed by atoms with E-state index in [0.29, 0.717) is 18.0 Å². The van der Waals surface area contributed by atoms with Gasteiger partial charge in [0.25, 0.3) is 0 Å². The lowest BCUT2D eigenvalue weighted by molar-refractivity contribution is 0.119. The Morgan fingerprint density at radius 2 is 2.04 bits per heavy atom. The van der Waals surface area contributed by atoms with Gasteiger partial charge >= 0.3 is 6.09 Å². The summed E-state index contributed by atoms with van der Waals surface area (Å²) in [5.74, 6) is 2.23. The Kier molecular flexibility index (Phi) is 4.65. The fourth-order valence-electron chi connectivity index (χ4n) is 3.86. The third kappa shape index (κ3) is 3.44. The highest BCUT2D eigenvalue weighted by atomic mass is 16.6. The second-order valence-corrected chi connectivity index (χ2v) is 6.99. The molecule has 2 aliphatic rings. The number of methoxy groups -OCH3 is 2. The number of fused-ring (bicyclic) bond motifs is 1. The quantitative estimate of drug-likeness (QED) is 0.835. The first kappa shape index (κ1) is 17.7. The Bertz CT molecular complexity index is 837. The van der Waals surface area contributed by atoms with Gasteiger partial charge in [-0.05, 0) is 24.6 Å². The number of nitrogens with one attached hydrogen (secondary N) is 1. The Balaban J connectivity index is 1.45. The number of H-pyrrole nitrogens is 1. The second-order valence-electron chi connectivity index (χ2n) is 6.99.